The van der Waals surface area contributed by atoms with Gasteiger partial charge in [0.15, 0.2) is 0 Å². The van der Waals surface area contributed by atoms with Crippen molar-refractivity contribution in [2.75, 3.05) is 0 Å². The van der Waals surface area contributed by atoms with Gasteiger partial charge in [-0.15, -0.1) is 11.3 Å². The van der Waals surface area contributed by atoms with Crippen molar-refractivity contribution in [2.45, 2.75) is 0 Å². The number of fused-ring (bicyclic) bond motifs is 6. The summed E-state index contributed by atoms with van der Waals surface area (Å²) in [5.74, 6) is 0. The first-order valence-electron chi connectivity index (χ1n) is 8.54. The Morgan fingerprint density at radius 2 is 1.56 bits per heavy atom. The number of aromatic nitrogens is 2. The van der Waals surface area contributed by atoms with Crippen molar-refractivity contribution in [3.05, 3.63) is 72.0 Å². The van der Waals surface area contributed by atoms with E-state index in [1.165, 1.54) is 4.70 Å². The van der Waals surface area contributed by atoms with Crippen LogP contribution in [0.25, 0.3) is 53.5 Å². The lowest BCUT2D eigenvalue weighted by molar-refractivity contribution is 0.669. The van der Waals surface area contributed by atoms with E-state index in [4.69, 9.17) is 16.0 Å². The Balaban J connectivity index is 1.70. The van der Waals surface area contributed by atoms with Gasteiger partial charge in [-0.05, 0) is 35.9 Å². The quantitative estimate of drug-likeness (QED) is 0.284. The highest BCUT2D eigenvalue weighted by Gasteiger charge is 2.16. The lowest BCUT2D eigenvalue weighted by Crippen LogP contribution is -1.89. The predicted molar refractivity (Wildman–Crippen MR) is 113 cm³/mol. The summed E-state index contributed by atoms with van der Waals surface area (Å²) in [7, 11) is 0. The van der Waals surface area contributed by atoms with E-state index in [2.05, 4.69) is 40.3 Å². The molecule has 0 aliphatic heterocycles. The fourth-order valence-electron chi connectivity index (χ4n) is 3.68. The van der Waals surface area contributed by atoms with E-state index in [1.807, 2.05) is 36.4 Å². The molecule has 6 aromatic rings. The van der Waals surface area contributed by atoms with Crippen molar-refractivity contribution in [1.29, 1.82) is 0 Å². The van der Waals surface area contributed by atoms with E-state index in [1.54, 1.807) is 11.3 Å². The molecule has 0 saturated heterocycles. The number of hydrogen-bond acceptors (Lipinski definition) is 4. The predicted octanol–water partition coefficient (Wildman–Crippen LogP) is 7.06. The Labute approximate surface area is 162 Å². The zero-order chi connectivity index (χ0) is 18.0. The van der Waals surface area contributed by atoms with Crippen molar-refractivity contribution in [3.8, 4) is 11.3 Å². The van der Waals surface area contributed by atoms with Crippen molar-refractivity contribution >= 4 is 65.2 Å². The van der Waals surface area contributed by atoms with Crippen LogP contribution < -0.4 is 0 Å². The molecular formula is C22H11ClN2OS. The second kappa shape index (κ2) is 5.52. The molecule has 0 atom stereocenters. The smallest absolute Gasteiger partial charge is 0.224 e. The van der Waals surface area contributed by atoms with E-state index in [0.717, 1.165) is 48.8 Å². The van der Waals surface area contributed by atoms with Gasteiger partial charge in [-0.1, -0.05) is 42.5 Å². The third-order valence-corrected chi connectivity index (χ3v) is 6.10. The molecule has 0 spiro atoms. The summed E-state index contributed by atoms with van der Waals surface area (Å²) < 4.78 is 7.23. The lowest BCUT2D eigenvalue weighted by atomic mass is 10.0. The maximum Gasteiger partial charge on any atom is 0.224 e. The highest BCUT2D eigenvalue weighted by Crippen LogP contribution is 2.40. The van der Waals surface area contributed by atoms with Crippen LogP contribution in [0.3, 0.4) is 0 Å². The van der Waals surface area contributed by atoms with Crippen LogP contribution in [0.2, 0.25) is 5.28 Å². The van der Waals surface area contributed by atoms with E-state index < -0.39 is 0 Å². The molecule has 128 valence electrons. The monoisotopic (exact) mass is 386 g/mol. The van der Waals surface area contributed by atoms with Crippen molar-refractivity contribution in [2.24, 2.45) is 0 Å². The third-order valence-electron chi connectivity index (χ3n) is 4.86. The molecule has 0 fully saturated rings. The standard InChI is InChI=1S/C22H11ClN2OS/c23-22-24-20(19-15-6-2-4-8-18(15)27-21(19)25-22)12-9-10-14-13-5-1-3-7-16(13)26-17(14)11-12/h1-11H. The molecule has 0 unspecified atom stereocenters. The number of para-hydroxylation sites is 1. The summed E-state index contributed by atoms with van der Waals surface area (Å²) in [5.41, 5.74) is 3.54. The van der Waals surface area contributed by atoms with Crippen LogP contribution in [0, 0.1) is 0 Å². The lowest BCUT2D eigenvalue weighted by Gasteiger charge is -2.04. The van der Waals surface area contributed by atoms with Crippen LogP contribution in [0.1, 0.15) is 0 Å². The third kappa shape index (κ3) is 2.21. The summed E-state index contributed by atoms with van der Waals surface area (Å²) >= 11 is 7.88. The average molecular weight is 387 g/mol. The van der Waals surface area contributed by atoms with Crippen LogP contribution in [0.4, 0.5) is 0 Å². The molecule has 3 heterocycles. The van der Waals surface area contributed by atoms with Gasteiger partial charge in [0.25, 0.3) is 0 Å². The van der Waals surface area contributed by atoms with Gasteiger partial charge in [0.1, 0.15) is 16.0 Å². The molecule has 0 bridgehead atoms. The van der Waals surface area contributed by atoms with E-state index in [-0.39, 0.29) is 5.28 Å². The first-order chi connectivity index (χ1) is 13.3. The Hall–Kier alpha value is -2.95. The SMILES string of the molecule is Clc1nc(-c2ccc3c(c2)oc2ccccc23)c2c(n1)sc1ccccc12. The Morgan fingerprint density at radius 1 is 0.778 bits per heavy atom. The molecule has 0 N–H and O–H groups in total. The summed E-state index contributed by atoms with van der Waals surface area (Å²) in [6.45, 7) is 0. The van der Waals surface area contributed by atoms with Gasteiger partial charge in [0.05, 0.1) is 5.69 Å². The molecule has 3 nitrogen and oxygen atoms in total. The fourth-order valence-corrected chi connectivity index (χ4v) is 4.97. The minimum atomic E-state index is 0.258. The van der Waals surface area contributed by atoms with Gasteiger partial charge < -0.3 is 4.42 Å². The number of furan rings is 1. The summed E-state index contributed by atoms with van der Waals surface area (Å²) in [5, 5.41) is 4.66. The molecule has 0 amide bonds. The zero-order valence-electron chi connectivity index (χ0n) is 13.9. The van der Waals surface area contributed by atoms with Gasteiger partial charge in [-0.2, -0.15) is 0 Å². The normalized spacial score (nSPS) is 11.9. The minimum absolute atomic E-state index is 0.258. The molecule has 0 radical (unpaired) electrons. The Bertz CT molecular complexity index is 1500. The summed E-state index contributed by atoms with van der Waals surface area (Å²) in [6.07, 6.45) is 0. The Kier molecular flexibility index (Phi) is 3.10. The molecule has 3 aromatic carbocycles. The minimum Gasteiger partial charge on any atom is -0.456 e. The summed E-state index contributed by atoms with van der Waals surface area (Å²) in [4.78, 5) is 9.92. The van der Waals surface area contributed by atoms with Crippen LogP contribution >= 0.6 is 22.9 Å². The molecular weight excluding hydrogens is 376 g/mol. The molecule has 0 saturated carbocycles. The van der Waals surface area contributed by atoms with Crippen molar-refractivity contribution < 1.29 is 4.42 Å². The number of halogens is 1. The number of benzene rings is 3. The van der Waals surface area contributed by atoms with Crippen LogP contribution in [-0.4, -0.2) is 9.97 Å². The fraction of sp³-hybridized carbons (Fsp3) is 0. The van der Waals surface area contributed by atoms with Crippen LogP contribution in [0.15, 0.2) is 71.1 Å². The van der Waals surface area contributed by atoms with E-state index >= 15 is 0 Å². The van der Waals surface area contributed by atoms with Gasteiger partial charge in [0, 0.05) is 31.8 Å². The van der Waals surface area contributed by atoms with Gasteiger partial charge in [-0.25, -0.2) is 9.97 Å². The van der Waals surface area contributed by atoms with Gasteiger partial charge in [-0.3, -0.25) is 0 Å². The molecule has 3 aromatic heterocycles. The van der Waals surface area contributed by atoms with E-state index in [9.17, 15) is 0 Å². The van der Waals surface area contributed by atoms with Crippen molar-refractivity contribution in [3.63, 3.8) is 0 Å². The second-order valence-electron chi connectivity index (χ2n) is 6.43. The van der Waals surface area contributed by atoms with Gasteiger partial charge >= 0.3 is 0 Å². The largest absolute Gasteiger partial charge is 0.456 e. The maximum atomic E-state index is 6.24. The topological polar surface area (TPSA) is 38.9 Å². The van der Waals surface area contributed by atoms with E-state index in [0.29, 0.717) is 0 Å². The van der Waals surface area contributed by atoms with Crippen molar-refractivity contribution in [1.82, 2.24) is 9.97 Å². The number of hydrogen-bond donors (Lipinski definition) is 0. The van der Waals surface area contributed by atoms with Crippen LogP contribution in [-0.2, 0) is 0 Å². The summed E-state index contributed by atoms with van der Waals surface area (Å²) in [6, 6.07) is 22.6. The number of nitrogens with zero attached hydrogens (tertiary/aromatic N) is 2. The molecule has 0 aliphatic carbocycles. The van der Waals surface area contributed by atoms with Gasteiger partial charge in [0.2, 0.25) is 5.28 Å². The molecule has 0 aliphatic rings. The second-order valence-corrected chi connectivity index (χ2v) is 7.80. The highest BCUT2D eigenvalue weighted by molar-refractivity contribution is 7.25. The number of rotatable bonds is 1. The highest BCUT2D eigenvalue weighted by atomic mass is 35.5. The first-order valence-corrected chi connectivity index (χ1v) is 9.74. The zero-order valence-corrected chi connectivity index (χ0v) is 15.5. The molecule has 6 rings (SSSR count). The molecule has 5 heteroatoms. The average Bonchev–Trinajstić information content (AvgIpc) is 3.24. The first kappa shape index (κ1) is 15.1. The maximum absolute atomic E-state index is 6.24. The molecule has 27 heavy (non-hydrogen) atoms. The Morgan fingerprint density at radius 3 is 2.48 bits per heavy atom. The van der Waals surface area contributed by atoms with Crippen LogP contribution in [0.5, 0.6) is 0 Å². The number of thiophene rings is 1.